The standard InChI is InChI=1S/C20H22N2O2/c1-24-17-8-6-16(7-9-17)20(23)22-13-12-21-11-10-15-4-2-3-5-18(15)19(21)14-22/h2-9,19H,10-14H2,1H3. The molecule has 2 aliphatic heterocycles. The van der Waals surface area contributed by atoms with Gasteiger partial charge in [0, 0.05) is 31.7 Å². The molecule has 1 amide bonds. The topological polar surface area (TPSA) is 32.8 Å². The van der Waals surface area contributed by atoms with Crippen molar-refractivity contribution in [2.24, 2.45) is 0 Å². The number of hydrogen-bond donors (Lipinski definition) is 0. The van der Waals surface area contributed by atoms with Crippen molar-refractivity contribution in [1.82, 2.24) is 9.80 Å². The molecule has 4 nitrogen and oxygen atoms in total. The molecule has 1 atom stereocenters. The largest absolute Gasteiger partial charge is 0.497 e. The maximum atomic E-state index is 12.9. The Morgan fingerprint density at radius 1 is 1.04 bits per heavy atom. The predicted octanol–water partition coefficient (Wildman–Crippen LogP) is 2.75. The van der Waals surface area contributed by atoms with E-state index in [1.807, 2.05) is 29.2 Å². The van der Waals surface area contributed by atoms with E-state index in [2.05, 4.69) is 29.2 Å². The molecular formula is C20H22N2O2. The summed E-state index contributed by atoms with van der Waals surface area (Å²) < 4.78 is 5.17. The minimum atomic E-state index is 0.111. The van der Waals surface area contributed by atoms with Crippen LogP contribution in [0.25, 0.3) is 0 Å². The number of hydrogen-bond acceptors (Lipinski definition) is 3. The zero-order chi connectivity index (χ0) is 16.5. The molecule has 2 aliphatic rings. The minimum absolute atomic E-state index is 0.111. The summed E-state index contributed by atoms with van der Waals surface area (Å²) in [6.07, 6.45) is 1.11. The Kier molecular flexibility index (Phi) is 3.98. The molecular weight excluding hydrogens is 300 g/mol. The fourth-order valence-electron chi connectivity index (χ4n) is 3.83. The van der Waals surface area contributed by atoms with Crippen LogP contribution >= 0.6 is 0 Å². The monoisotopic (exact) mass is 322 g/mol. The van der Waals surface area contributed by atoms with E-state index < -0.39 is 0 Å². The molecule has 1 fully saturated rings. The number of ether oxygens (including phenoxy) is 1. The maximum absolute atomic E-state index is 12.9. The van der Waals surface area contributed by atoms with E-state index in [1.165, 1.54) is 11.1 Å². The van der Waals surface area contributed by atoms with Crippen LogP contribution < -0.4 is 4.74 Å². The number of fused-ring (bicyclic) bond motifs is 3. The molecule has 0 aliphatic carbocycles. The zero-order valence-corrected chi connectivity index (χ0v) is 13.9. The van der Waals surface area contributed by atoms with Gasteiger partial charge in [-0.2, -0.15) is 0 Å². The number of carbonyl (C=O) groups excluding carboxylic acids is 1. The molecule has 24 heavy (non-hydrogen) atoms. The minimum Gasteiger partial charge on any atom is -0.497 e. The van der Waals surface area contributed by atoms with Gasteiger partial charge in [0.1, 0.15) is 5.75 Å². The van der Waals surface area contributed by atoms with Crippen LogP contribution in [0.2, 0.25) is 0 Å². The highest BCUT2D eigenvalue weighted by atomic mass is 16.5. The van der Waals surface area contributed by atoms with E-state index in [1.54, 1.807) is 7.11 Å². The van der Waals surface area contributed by atoms with Gasteiger partial charge < -0.3 is 9.64 Å². The predicted molar refractivity (Wildman–Crippen MR) is 93.4 cm³/mol. The zero-order valence-electron chi connectivity index (χ0n) is 13.9. The van der Waals surface area contributed by atoms with Gasteiger partial charge in [-0.15, -0.1) is 0 Å². The molecule has 1 unspecified atom stereocenters. The number of amides is 1. The van der Waals surface area contributed by atoms with Crippen LogP contribution in [-0.2, 0) is 6.42 Å². The average Bonchev–Trinajstić information content (AvgIpc) is 2.67. The van der Waals surface area contributed by atoms with Gasteiger partial charge in [-0.3, -0.25) is 9.69 Å². The molecule has 4 heteroatoms. The Hall–Kier alpha value is -2.33. The first-order chi connectivity index (χ1) is 11.8. The Labute approximate surface area is 142 Å². The third-order valence-electron chi connectivity index (χ3n) is 5.20. The van der Waals surface area contributed by atoms with Crippen molar-refractivity contribution in [3.05, 3.63) is 65.2 Å². The lowest BCUT2D eigenvalue weighted by atomic mass is 9.91. The Morgan fingerprint density at radius 2 is 1.83 bits per heavy atom. The van der Waals surface area contributed by atoms with Crippen molar-refractivity contribution in [3.8, 4) is 5.75 Å². The van der Waals surface area contributed by atoms with Gasteiger partial charge in [0.05, 0.1) is 13.2 Å². The molecule has 4 rings (SSSR count). The Morgan fingerprint density at radius 3 is 2.62 bits per heavy atom. The summed E-state index contributed by atoms with van der Waals surface area (Å²) in [6.45, 7) is 3.60. The van der Waals surface area contributed by atoms with E-state index in [9.17, 15) is 4.79 Å². The molecule has 0 aromatic heterocycles. The third-order valence-corrected chi connectivity index (χ3v) is 5.20. The number of piperazine rings is 1. The molecule has 124 valence electrons. The van der Waals surface area contributed by atoms with Gasteiger partial charge in [-0.1, -0.05) is 24.3 Å². The first-order valence-electron chi connectivity index (χ1n) is 8.51. The second-order valence-corrected chi connectivity index (χ2v) is 6.48. The van der Waals surface area contributed by atoms with Crippen molar-refractivity contribution in [1.29, 1.82) is 0 Å². The highest BCUT2D eigenvalue weighted by Gasteiger charge is 2.34. The summed E-state index contributed by atoms with van der Waals surface area (Å²) in [5.74, 6) is 0.887. The summed E-state index contributed by atoms with van der Waals surface area (Å²) in [5, 5.41) is 0. The van der Waals surface area contributed by atoms with Crippen molar-refractivity contribution in [2.75, 3.05) is 33.3 Å². The fourth-order valence-corrected chi connectivity index (χ4v) is 3.83. The van der Waals surface area contributed by atoms with Crippen LogP contribution in [0.5, 0.6) is 5.75 Å². The Balaban J connectivity index is 1.55. The average molecular weight is 322 g/mol. The first kappa shape index (κ1) is 15.2. The van der Waals surface area contributed by atoms with Crippen molar-refractivity contribution in [2.45, 2.75) is 12.5 Å². The second kappa shape index (κ2) is 6.29. The maximum Gasteiger partial charge on any atom is 0.253 e. The van der Waals surface area contributed by atoms with E-state index in [-0.39, 0.29) is 5.91 Å². The molecule has 0 spiro atoms. The third kappa shape index (κ3) is 2.67. The van der Waals surface area contributed by atoms with E-state index >= 15 is 0 Å². The highest BCUT2D eigenvalue weighted by molar-refractivity contribution is 5.94. The molecule has 0 bridgehead atoms. The number of carbonyl (C=O) groups is 1. The van der Waals surface area contributed by atoms with Gasteiger partial charge in [-0.05, 0) is 41.8 Å². The number of rotatable bonds is 2. The SMILES string of the molecule is COc1ccc(C(=O)N2CCN3CCc4ccccc4C3C2)cc1. The quantitative estimate of drug-likeness (QED) is 0.852. The van der Waals surface area contributed by atoms with Crippen LogP contribution in [0.15, 0.2) is 48.5 Å². The van der Waals surface area contributed by atoms with Crippen LogP contribution in [-0.4, -0.2) is 49.0 Å². The van der Waals surface area contributed by atoms with E-state index in [4.69, 9.17) is 4.74 Å². The molecule has 2 heterocycles. The van der Waals surface area contributed by atoms with Crippen LogP contribution in [0.3, 0.4) is 0 Å². The lowest BCUT2D eigenvalue weighted by Crippen LogP contribution is -2.52. The van der Waals surface area contributed by atoms with E-state index in [0.29, 0.717) is 6.04 Å². The highest BCUT2D eigenvalue weighted by Crippen LogP contribution is 2.32. The lowest BCUT2D eigenvalue weighted by Gasteiger charge is -2.44. The van der Waals surface area contributed by atoms with Crippen molar-refractivity contribution in [3.63, 3.8) is 0 Å². The number of methoxy groups -OCH3 is 1. The molecule has 2 aromatic rings. The van der Waals surface area contributed by atoms with Crippen LogP contribution in [0.4, 0.5) is 0 Å². The van der Waals surface area contributed by atoms with Crippen LogP contribution in [0, 0.1) is 0 Å². The molecule has 0 N–H and O–H groups in total. The molecule has 0 saturated carbocycles. The van der Waals surface area contributed by atoms with Gasteiger partial charge >= 0.3 is 0 Å². The smallest absolute Gasteiger partial charge is 0.253 e. The summed E-state index contributed by atoms with van der Waals surface area (Å²) in [7, 11) is 1.64. The van der Waals surface area contributed by atoms with Gasteiger partial charge in [-0.25, -0.2) is 0 Å². The Bertz CT molecular complexity index is 742. The first-order valence-corrected chi connectivity index (χ1v) is 8.51. The number of nitrogens with zero attached hydrogens (tertiary/aromatic N) is 2. The normalized spacial score (nSPS) is 20.2. The molecule has 2 aromatic carbocycles. The fraction of sp³-hybridized carbons (Fsp3) is 0.350. The van der Waals surface area contributed by atoms with Gasteiger partial charge in [0.25, 0.3) is 5.91 Å². The van der Waals surface area contributed by atoms with Crippen molar-refractivity contribution >= 4 is 5.91 Å². The second-order valence-electron chi connectivity index (χ2n) is 6.48. The summed E-state index contributed by atoms with van der Waals surface area (Å²) in [6, 6.07) is 16.4. The van der Waals surface area contributed by atoms with Crippen LogP contribution in [0.1, 0.15) is 27.5 Å². The van der Waals surface area contributed by atoms with Crippen molar-refractivity contribution < 1.29 is 9.53 Å². The lowest BCUT2D eigenvalue weighted by molar-refractivity contribution is 0.0453. The molecule has 1 saturated heterocycles. The number of benzene rings is 2. The van der Waals surface area contributed by atoms with E-state index in [0.717, 1.165) is 43.9 Å². The molecule has 0 radical (unpaired) electrons. The summed E-state index contributed by atoms with van der Waals surface area (Å²) >= 11 is 0. The van der Waals surface area contributed by atoms with Gasteiger partial charge in [0.2, 0.25) is 0 Å². The summed E-state index contributed by atoms with van der Waals surface area (Å²) in [4.78, 5) is 17.4. The summed E-state index contributed by atoms with van der Waals surface area (Å²) in [5.41, 5.74) is 3.54. The van der Waals surface area contributed by atoms with Gasteiger partial charge in [0.15, 0.2) is 0 Å².